The Balaban J connectivity index is 3.63. The number of esters is 4. The fourth-order valence-electron chi connectivity index (χ4n) is 2.00. The summed E-state index contributed by atoms with van der Waals surface area (Å²) in [6, 6.07) is 0. The molecule has 0 aromatic rings. The van der Waals surface area contributed by atoms with Gasteiger partial charge in [0, 0.05) is 25.7 Å². The summed E-state index contributed by atoms with van der Waals surface area (Å²) in [6.07, 6.45) is 3.58. The number of hydrogen-bond donors (Lipinski definition) is 0. The van der Waals surface area contributed by atoms with Crippen LogP contribution in [0.3, 0.4) is 0 Å². The summed E-state index contributed by atoms with van der Waals surface area (Å²) in [7, 11) is 0. The summed E-state index contributed by atoms with van der Waals surface area (Å²) in [5.41, 5.74) is 0. The summed E-state index contributed by atoms with van der Waals surface area (Å²) < 4.78 is 9.38. The minimum absolute atomic E-state index is 0.164. The number of ether oxygens (including phenoxy) is 2. The van der Waals surface area contributed by atoms with Crippen LogP contribution in [0.1, 0.15) is 79.1 Å². The molecule has 6 nitrogen and oxygen atoms in total. The third-order valence-electron chi connectivity index (χ3n) is 3.12. The lowest BCUT2D eigenvalue weighted by Crippen LogP contribution is -2.14. The fraction of sp³-hybridized carbons (Fsp3) is 0.778. The molecule has 0 amide bonds. The van der Waals surface area contributed by atoms with Crippen molar-refractivity contribution < 1.29 is 28.7 Å². The van der Waals surface area contributed by atoms with Crippen LogP contribution in [0.2, 0.25) is 0 Å². The van der Waals surface area contributed by atoms with E-state index in [1.807, 2.05) is 27.7 Å². The van der Waals surface area contributed by atoms with Crippen LogP contribution in [0.5, 0.6) is 0 Å². The maximum absolute atomic E-state index is 11.4. The largest absolute Gasteiger partial charge is 0.393 e. The fourth-order valence-corrected chi connectivity index (χ4v) is 2.00. The van der Waals surface area contributed by atoms with Gasteiger partial charge in [0.25, 0.3) is 0 Å². The zero-order valence-corrected chi connectivity index (χ0v) is 15.3. The molecular formula is C18H30O6. The molecule has 0 saturated heterocycles. The molecule has 0 atom stereocenters. The second-order valence-electron chi connectivity index (χ2n) is 6.80. The first-order valence-electron chi connectivity index (χ1n) is 8.67. The lowest BCUT2D eigenvalue weighted by Gasteiger charge is -2.06. The van der Waals surface area contributed by atoms with Crippen LogP contribution < -0.4 is 0 Å². The maximum atomic E-state index is 11.4. The molecule has 0 aliphatic heterocycles. The SMILES string of the molecule is CC(C)CC(=O)OC(=O)CCCCCCC(=O)OC(=O)CC(C)C. The molecule has 0 N–H and O–H groups in total. The van der Waals surface area contributed by atoms with Crippen molar-refractivity contribution in [3.8, 4) is 0 Å². The van der Waals surface area contributed by atoms with Gasteiger partial charge in [-0.15, -0.1) is 0 Å². The number of unbranched alkanes of at least 4 members (excludes halogenated alkanes) is 3. The van der Waals surface area contributed by atoms with Gasteiger partial charge in [0.05, 0.1) is 0 Å². The average molecular weight is 342 g/mol. The zero-order valence-electron chi connectivity index (χ0n) is 15.3. The smallest absolute Gasteiger partial charge is 0.313 e. The molecule has 0 spiro atoms. The number of hydrogen-bond acceptors (Lipinski definition) is 6. The maximum Gasteiger partial charge on any atom is 0.313 e. The molecule has 0 aromatic heterocycles. The second-order valence-corrected chi connectivity index (χ2v) is 6.80. The predicted octanol–water partition coefficient (Wildman–Crippen LogP) is 3.56. The quantitative estimate of drug-likeness (QED) is 0.324. The lowest BCUT2D eigenvalue weighted by molar-refractivity contribution is -0.162. The molecule has 0 rings (SSSR count). The van der Waals surface area contributed by atoms with Gasteiger partial charge in [0.15, 0.2) is 0 Å². The molecule has 0 aliphatic carbocycles. The van der Waals surface area contributed by atoms with Gasteiger partial charge >= 0.3 is 23.9 Å². The minimum atomic E-state index is -0.501. The van der Waals surface area contributed by atoms with Gasteiger partial charge in [-0.25, -0.2) is 0 Å². The average Bonchev–Trinajstić information content (AvgIpc) is 2.40. The number of carbonyl (C=O) groups is 4. The first-order valence-corrected chi connectivity index (χ1v) is 8.67. The van der Waals surface area contributed by atoms with E-state index in [1.54, 1.807) is 0 Å². The van der Waals surface area contributed by atoms with Crippen LogP contribution in [0.4, 0.5) is 0 Å². The van der Waals surface area contributed by atoms with Crippen molar-refractivity contribution in [2.75, 3.05) is 0 Å². The van der Waals surface area contributed by atoms with Gasteiger partial charge in [0.2, 0.25) is 0 Å². The topological polar surface area (TPSA) is 86.7 Å². The van der Waals surface area contributed by atoms with Crippen molar-refractivity contribution in [3.63, 3.8) is 0 Å². The third-order valence-corrected chi connectivity index (χ3v) is 3.12. The van der Waals surface area contributed by atoms with Gasteiger partial charge in [-0.1, -0.05) is 40.5 Å². The summed E-state index contributed by atoms with van der Waals surface area (Å²) in [5, 5.41) is 0. The molecular weight excluding hydrogens is 312 g/mol. The van der Waals surface area contributed by atoms with E-state index in [1.165, 1.54) is 0 Å². The van der Waals surface area contributed by atoms with Gasteiger partial charge in [0.1, 0.15) is 0 Å². The summed E-state index contributed by atoms with van der Waals surface area (Å²) >= 11 is 0. The highest BCUT2D eigenvalue weighted by atomic mass is 16.6. The first-order chi connectivity index (χ1) is 11.2. The van der Waals surface area contributed by atoms with E-state index in [0.717, 1.165) is 12.8 Å². The van der Waals surface area contributed by atoms with Crippen molar-refractivity contribution in [2.24, 2.45) is 11.8 Å². The van der Waals surface area contributed by atoms with Crippen LogP contribution in [0.15, 0.2) is 0 Å². The van der Waals surface area contributed by atoms with E-state index in [0.29, 0.717) is 12.8 Å². The Kier molecular flexibility index (Phi) is 11.8. The molecule has 138 valence electrons. The highest BCUT2D eigenvalue weighted by Crippen LogP contribution is 2.09. The summed E-state index contributed by atoms with van der Waals surface area (Å²) in [4.78, 5) is 45.5. The summed E-state index contributed by atoms with van der Waals surface area (Å²) in [5.74, 6) is -1.64. The lowest BCUT2D eigenvalue weighted by atomic mass is 10.1. The molecule has 0 aliphatic rings. The Morgan fingerprint density at radius 3 is 1.21 bits per heavy atom. The van der Waals surface area contributed by atoms with Gasteiger partial charge < -0.3 is 9.47 Å². The first kappa shape index (κ1) is 22.3. The van der Waals surface area contributed by atoms with Crippen molar-refractivity contribution in [2.45, 2.75) is 79.1 Å². The van der Waals surface area contributed by atoms with E-state index in [9.17, 15) is 19.2 Å². The minimum Gasteiger partial charge on any atom is -0.393 e. The molecule has 24 heavy (non-hydrogen) atoms. The van der Waals surface area contributed by atoms with Crippen LogP contribution >= 0.6 is 0 Å². The van der Waals surface area contributed by atoms with Crippen molar-refractivity contribution in [1.29, 1.82) is 0 Å². The van der Waals surface area contributed by atoms with E-state index < -0.39 is 23.9 Å². The molecule has 6 heteroatoms. The van der Waals surface area contributed by atoms with Crippen molar-refractivity contribution in [3.05, 3.63) is 0 Å². The van der Waals surface area contributed by atoms with Crippen LogP contribution in [0, 0.1) is 11.8 Å². The normalized spacial score (nSPS) is 10.8. The highest BCUT2D eigenvalue weighted by molar-refractivity contribution is 5.86. The standard InChI is InChI=1S/C18H30O6/c1-13(2)11-17(21)23-15(19)9-7-5-6-8-10-16(20)24-18(22)12-14(3)4/h13-14H,5-12H2,1-4H3. The zero-order chi connectivity index (χ0) is 18.5. The van der Waals surface area contributed by atoms with Gasteiger partial charge in [-0.2, -0.15) is 0 Å². The molecule has 0 radical (unpaired) electrons. The predicted molar refractivity (Wildman–Crippen MR) is 88.8 cm³/mol. The van der Waals surface area contributed by atoms with E-state index in [-0.39, 0.29) is 37.5 Å². The second kappa shape index (κ2) is 12.7. The van der Waals surface area contributed by atoms with Crippen molar-refractivity contribution >= 4 is 23.9 Å². The van der Waals surface area contributed by atoms with Gasteiger partial charge in [-0.3, -0.25) is 19.2 Å². The Hall–Kier alpha value is -1.72. The van der Waals surface area contributed by atoms with E-state index in [4.69, 9.17) is 9.47 Å². The molecule has 0 unspecified atom stereocenters. The molecule has 0 bridgehead atoms. The number of rotatable bonds is 11. The molecule has 0 aromatic carbocycles. The Morgan fingerprint density at radius 1 is 0.583 bits per heavy atom. The Bertz CT molecular complexity index is 385. The van der Waals surface area contributed by atoms with E-state index in [2.05, 4.69) is 0 Å². The molecule has 0 heterocycles. The number of carbonyl (C=O) groups excluding carboxylic acids is 4. The highest BCUT2D eigenvalue weighted by Gasteiger charge is 2.13. The van der Waals surface area contributed by atoms with Crippen molar-refractivity contribution in [1.82, 2.24) is 0 Å². The monoisotopic (exact) mass is 342 g/mol. The molecule has 0 saturated carbocycles. The van der Waals surface area contributed by atoms with Crippen LogP contribution in [-0.4, -0.2) is 23.9 Å². The summed E-state index contributed by atoms with van der Waals surface area (Å²) in [6.45, 7) is 7.53. The van der Waals surface area contributed by atoms with Crippen LogP contribution in [-0.2, 0) is 28.7 Å². The Morgan fingerprint density at radius 2 is 0.917 bits per heavy atom. The van der Waals surface area contributed by atoms with Crippen LogP contribution in [0.25, 0.3) is 0 Å². The van der Waals surface area contributed by atoms with E-state index >= 15 is 0 Å². The van der Waals surface area contributed by atoms with Gasteiger partial charge in [-0.05, 0) is 24.7 Å². The molecule has 0 fully saturated rings. The Labute approximate surface area is 144 Å². The third kappa shape index (κ3) is 13.9.